The van der Waals surface area contributed by atoms with Gasteiger partial charge >= 0.3 is 0 Å². The first-order valence-corrected chi connectivity index (χ1v) is 8.02. The number of nitrogens with two attached hydrogens (primary N) is 1. The SMILES string of the molecule is NCC(C1CCCOC1)N1CCCCc2ccccc21. The van der Waals surface area contributed by atoms with E-state index in [0.717, 1.165) is 26.3 Å². The molecule has 2 aliphatic heterocycles. The fourth-order valence-corrected chi connectivity index (χ4v) is 3.71. The van der Waals surface area contributed by atoms with Crippen LogP contribution < -0.4 is 10.6 Å². The van der Waals surface area contributed by atoms with Crippen LogP contribution in [0.15, 0.2) is 24.3 Å². The zero-order valence-corrected chi connectivity index (χ0v) is 12.3. The van der Waals surface area contributed by atoms with Crippen molar-refractivity contribution in [1.82, 2.24) is 0 Å². The van der Waals surface area contributed by atoms with Gasteiger partial charge in [0.1, 0.15) is 0 Å². The Morgan fingerprint density at radius 3 is 2.95 bits per heavy atom. The van der Waals surface area contributed by atoms with Gasteiger partial charge in [0.25, 0.3) is 0 Å². The number of fused-ring (bicyclic) bond motifs is 1. The molecule has 1 aromatic carbocycles. The van der Waals surface area contributed by atoms with Crippen LogP contribution in [0.4, 0.5) is 5.69 Å². The fraction of sp³-hybridized carbons (Fsp3) is 0.647. The number of hydrogen-bond acceptors (Lipinski definition) is 3. The molecule has 3 rings (SSSR count). The number of aryl methyl sites for hydroxylation is 1. The highest BCUT2D eigenvalue weighted by molar-refractivity contribution is 5.55. The second kappa shape index (κ2) is 6.59. The Morgan fingerprint density at radius 2 is 2.15 bits per heavy atom. The highest BCUT2D eigenvalue weighted by Gasteiger charge is 2.30. The summed E-state index contributed by atoms with van der Waals surface area (Å²) in [5.41, 5.74) is 9.04. The standard InChI is InChI=1S/C17H26N2O/c18-12-17(15-8-5-11-20-13-15)19-10-4-3-7-14-6-1-2-9-16(14)19/h1-2,6,9,15,17H,3-5,7-8,10-13,18H2. The van der Waals surface area contributed by atoms with Crippen molar-refractivity contribution in [3.8, 4) is 0 Å². The average molecular weight is 274 g/mol. The molecule has 2 unspecified atom stereocenters. The number of nitrogens with zero attached hydrogens (tertiary/aromatic N) is 1. The van der Waals surface area contributed by atoms with Crippen molar-refractivity contribution < 1.29 is 4.74 Å². The van der Waals surface area contributed by atoms with E-state index in [0.29, 0.717) is 12.0 Å². The lowest BCUT2D eigenvalue weighted by atomic mass is 9.91. The number of benzene rings is 1. The molecule has 1 fully saturated rings. The van der Waals surface area contributed by atoms with Crippen LogP contribution in [0.2, 0.25) is 0 Å². The van der Waals surface area contributed by atoms with Crippen LogP contribution in [0, 0.1) is 5.92 Å². The molecule has 20 heavy (non-hydrogen) atoms. The van der Waals surface area contributed by atoms with E-state index in [4.69, 9.17) is 10.5 Å². The third kappa shape index (κ3) is 2.84. The molecule has 0 bridgehead atoms. The predicted octanol–water partition coefficient (Wildman–Crippen LogP) is 2.58. The first-order chi connectivity index (χ1) is 9.90. The molecule has 110 valence electrons. The van der Waals surface area contributed by atoms with Gasteiger partial charge in [0.2, 0.25) is 0 Å². The highest BCUT2D eigenvalue weighted by Crippen LogP contribution is 2.31. The maximum absolute atomic E-state index is 6.15. The number of hydrogen-bond donors (Lipinski definition) is 1. The summed E-state index contributed by atoms with van der Waals surface area (Å²) in [5, 5.41) is 0. The minimum atomic E-state index is 0.426. The molecule has 0 amide bonds. The molecule has 1 aromatic rings. The first-order valence-electron chi connectivity index (χ1n) is 8.02. The summed E-state index contributed by atoms with van der Waals surface area (Å²) < 4.78 is 5.69. The Balaban J connectivity index is 1.86. The Labute approximate surface area is 122 Å². The Morgan fingerprint density at radius 1 is 1.25 bits per heavy atom. The summed E-state index contributed by atoms with van der Waals surface area (Å²) in [4.78, 5) is 2.57. The second-order valence-electron chi connectivity index (χ2n) is 6.06. The van der Waals surface area contributed by atoms with Gasteiger partial charge in [-0.2, -0.15) is 0 Å². The minimum Gasteiger partial charge on any atom is -0.381 e. The molecule has 0 saturated carbocycles. The van der Waals surface area contributed by atoms with Crippen molar-refractivity contribution in [3.05, 3.63) is 29.8 Å². The molecule has 1 saturated heterocycles. The van der Waals surface area contributed by atoms with E-state index in [-0.39, 0.29) is 0 Å². The first kappa shape index (κ1) is 13.9. The molecule has 0 aliphatic carbocycles. The topological polar surface area (TPSA) is 38.5 Å². The van der Waals surface area contributed by atoms with Gasteiger partial charge in [-0.1, -0.05) is 18.2 Å². The van der Waals surface area contributed by atoms with E-state index in [2.05, 4.69) is 29.2 Å². The normalized spacial score (nSPS) is 24.9. The van der Waals surface area contributed by atoms with E-state index in [9.17, 15) is 0 Å². The molecular formula is C17H26N2O. The minimum absolute atomic E-state index is 0.426. The largest absolute Gasteiger partial charge is 0.381 e. The van der Waals surface area contributed by atoms with E-state index in [1.54, 1.807) is 0 Å². The molecule has 2 atom stereocenters. The third-order valence-electron chi connectivity index (χ3n) is 4.78. The monoisotopic (exact) mass is 274 g/mol. The number of ether oxygens (including phenoxy) is 1. The van der Waals surface area contributed by atoms with Crippen LogP contribution in [0.3, 0.4) is 0 Å². The molecule has 3 nitrogen and oxygen atoms in total. The molecule has 0 radical (unpaired) electrons. The van der Waals surface area contributed by atoms with E-state index in [1.165, 1.54) is 43.4 Å². The number of rotatable bonds is 3. The van der Waals surface area contributed by atoms with Gasteiger partial charge in [-0.3, -0.25) is 0 Å². The van der Waals surface area contributed by atoms with Gasteiger partial charge in [0.15, 0.2) is 0 Å². The summed E-state index contributed by atoms with van der Waals surface area (Å²) in [6.07, 6.45) is 6.17. The molecular weight excluding hydrogens is 248 g/mol. The quantitative estimate of drug-likeness (QED) is 0.920. The predicted molar refractivity (Wildman–Crippen MR) is 83.1 cm³/mol. The van der Waals surface area contributed by atoms with Crippen molar-refractivity contribution in [2.45, 2.75) is 38.1 Å². The maximum Gasteiger partial charge on any atom is 0.0514 e. The van der Waals surface area contributed by atoms with Gasteiger partial charge in [0.05, 0.1) is 6.61 Å². The van der Waals surface area contributed by atoms with Crippen LogP contribution in [0.1, 0.15) is 31.2 Å². The summed E-state index contributed by atoms with van der Waals surface area (Å²) in [5.74, 6) is 0.583. The van der Waals surface area contributed by atoms with Gasteiger partial charge in [-0.05, 0) is 43.7 Å². The van der Waals surface area contributed by atoms with E-state index < -0.39 is 0 Å². The van der Waals surface area contributed by atoms with Crippen molar-refractivity contribution in [2.24, 2.45) is 11.7 Å². The lowest BCUT2D eigenvalue weighted by Gasteiger charge is -2.39. The summed E-state index contributed by atoms with van der Waals surface area (Å²) in [6, 6.07) is 9.28. The van der Waals surface area contributed by atoms with Gasteiger partial charge < -0.3 is 15.4 Å². The summed E-state index contributed by atoms with van der Waals surface area (Å²) in [6.45, 7) is 3.66. The van der Waals surface area contributed by atoms with E-state index in [1.807, 2.05) is 0 Å². The summed E-state index contributed by atoms with van der Waals surface area (Å²) in [7, 11) is 0. The zero-order chi connectivity index (χ0) is 13.8. The van der Waals surface area contributed by atoms with Crippen molar-refractivity contribution in [2.75, 3.05) is 31.2 Å². The maximum atomic E-state index is 6.15. The number of para-hydroxylation sites is 1. The Hall–Kier alpha value is -1.06. The zero-order valence-electron chi connectivity index (χ0n) is 12.3. The molecule has 0 aromatic heterocycles. The van der Waals surface area contributed by atoms with Crippen molar-refractivity contribution in [1.29, 1.82) is 0 Å². The smallest absolute Gasteiger partial charge is 0.0514 e. The molecule has 2 aliphatic rings. The van der Waals surface area contributed by atoms with Crippen LogP contribution in [-0.2, 0) is 11.2 Å². The average Bonchev–Trinajstić information content (AvgIpc) is 2.72. The highest BCUT2D eigenvalue weighted by atomic mass is 16.5. The number of anilines is 1. The lowest BCUT2D eigenvalue weighted by molar-refractivity contribution is 0.0447. The van der Waals surface area contributed by atoms with Gasteiger partial charge in [-0.25, -0.2) is 0 Å². The lowest BCUT2D eigenvalue weighted by Crippen LogP contribution is -2.48. The molecule has 2 N–H and O–H groups in total. The summed E-state index contributed by atoms with van der Waals surface area (Å²) >= 11 is 0. The van der Waals surface area contributed by atoms with Crippen molar-refractivity contribution in [3.63, 3.8) is 0 Å². The van der Waals surface area contributed by atoms with Crippen LogP contribution >= 0.6 is 0 Å². The Bertz CT molecular complexity index is 429. The fourth-order valence-electron chi connectivity index (χ4n) is 3.71. The second-order valence-corrected chi connectivity index (χ2v) is 6.06. The molecule has 3 heteroatoms. The third-order valence-corrected chi connectivity index (χ3v) is 4.78. The van der Waals surface area contributed by atoms with Crippen LogP contribution in [0.5, 0.6) is 0 Å². The van der Waals surface area contributed by atoms with E-state index >= 15 is 0 Å². The molecule has 2 heterocycles. The molecule has 0 spiro atoms. The Kier molecular flexibility index (Phi) is 4.58. The van der Waals surface area contributed by atoms with Crippen molar-refractivity contribution >= 4 is 5.69 Å². The van der Waals surface area contributed by atoms with Crippen LogP contribution in [0.25, 0.3) is 0 Å². The van der Waals surface area contributed by atoms with Crippen LogP contribution in [-0.4, -0.2) is 32.3 Å². The van der Waals surface area contributed by atoms with Gasteiger partial charge in [-0.15, -0.1) is 0 Å². The van der Waals surface area contributed by atoms with Gasteiger partial charge in [0, 0.05) is 37.3 Å².